The molecule has 1 saturated carbocycles. The fraction of sp³-hybridized carbons (Fsp3) is 0.538. The number of nitrogens with zero attached hydrogens (tertiary/aromatic N) is 1. The van der Waals surface area contributed by atoms with Gasteiger partial charge >= 0.3 is 5.97 Å². The molecule has 0 saturated heterocycles. The van der Waals surface area contributed by atoms with Crippen molar-refractivity contribution in [2.45, 2.75) is 44.7 Å². The van der Waals surface area contributed by atoms with Crippen molar-refractivity contribution >= 4 is 11.9 Å². The molecule has 1 unspecified atom stereocenters. The average molecular weight is 250 g/mol. The summed E-state index contributed by atoms with van der Waals surface area (Å²) in [6, 6.07) is 3.17. The van der Waals surface area contributed by atoms with Crippen LogP contribution in [0.5, 0.6) is 0 Å². The molecule has 18 heavy (non-hydrogen) atoms. The summed E-state index contributed by atoms with van der Waals surface area (Å²) in [5, 5.41) is 11.6. The first kappa shape index (κ1) is 12.7. The lowest BCUT2D eigenvalue weighted by Gasteiger charge is -2.14. The number of carboxylic acids is 1. The van der Waals surface area contributed by atoms with Gasteiger partial charge in [0.2, 0.25) is 0 Å². The zero-order chi connectivity index (χ0) is 13.1. The van der Waals surface area contributed by atoms with Crippen LogP contribution in [-0.4, -0.2) is 27.6 Å². The van der Waals surface area contributed by atoms with Gasteiger partial charge in [0.25, 0.3) is 5.91 Å². The summed E-state index contributed by atoms with van der Waals surface area (Å²) in [7, 11) is 0. The van der Waals surface area contributed by atoms with Gasteiger partial charge in [-0.3, -0.25) is 4.79 Å². The molecule has 1 atom stereocenters. The summed E-state index contributed by atoms with van der Waals surface area (Å²) in [6.45, 7) is 1.90. The summed E-state index contributed by atoms with van der Waals surface area (Å²) >= 11 is 0. The normalized spacial score (nSPS) is 16.3. The van der Waals surface area contributed by atoms with E-state index in [4.69, 9.17) is 5.11 Å². The van der Waals surface area contributed by atoms with E-state index >= 15 is 0 Å². The zero-order valence-electron chi connectivity index (χ0n) is 10.4. The van der Waals surface area contributed by atoms with E-state index in [1.807, 2.05) is 23.8 Å². The number of carboxylic acid groups (broad SMARTS) is 1. The summed E-state index contributed by atoms with van der Waals surface area (Å²) in [4.78, 5) is 23.1. The van der Waals surface area contributed by atoms with Gasteiger partial charge < -0.3 is 15.0 Å². The van der Waals surface area contributed by atoms with Gasteiger partial charge in [-0.15, -0.1) is 0 Å². The first-order valence-electron chi connectivity index (χ1n) is 6.34. The summed E-state index contributed by atoms with van der Waals surface area (Å²) in [6.07, 6.45) is 5.23. The largest absolute Gasteiger partial charge is 0.480 e. The lowest BCUT2D eigenvalue weighted by atomic mass is 10.1. The molecule has 0 aliphatic heterocycles. The van der Waals surface area contributed by atoms with Crippen LogP contribution in [0.4, 0.5) is 0 Å². The topological polar surface area (TPSA) is 71.3 Å². The van der Waals surface area contributed by atoms with Crippen molar-refractivity contribution in [1.82, 2.24) is 9.88 Å². The first-order chi connectivity index (χ1) is 8.63. The zero-order valence-corrected chi connectivity index (χ0v) is 10.4. The van der Waals surface area contributed by atoms with E-state index in [9.17, 15) is 9.59 Å². The third-order valence-corrected chi connectivity index (χ3v) is 3.13. The molecule has 2 N–H and O–H groups in total. The van der Waals surface area contributed by atoms with Crippen LogP contribution < -0.4 is 5.32 Å². The van der Waals surface area contributed by atoms with Crippen LogP contribution in [0, 0.1) is 0 Å². The van der Waals surface area contributed by atoms with Crippen LogP contribution in [0.3, 0.4) is 0 Å². The van der Waals surface area contributed by atoms with Gasteiger partial charge in [-0.25, -0.2) is 4.79 Å². The Hall–Kier alpha value is -1.78. The van der Waals surface area contributed by atoms with Gasteiger partial charge in [-0.2, -0.15) is 0 Å². The Morgan fingerprint density at radius 1 is 1.56 bits per heavy atom. The Kier molecular flexibility index (Phi) is 3.69. The third-order valence-electron chi connectivity index (χ3n) is 3.13. The molecule has 5 nitrogen and oxygen atoms in total. The molecule has 1 heterocycles. The second-order valence-electron chi connectivity index (χ2n) is 4.68. The molecule has 0 bridgehead atoms. The number of rotatable bonds is 6. The van der Waals surface area contributed by atoms with E-state index in [1.165, 1.54) is 0 Å². The van der Waals surface area contributed by atoms with Gasteiger partial charge in [0, 0.05) is 12.2 Å². The Bertz CT molecular complexity index is 449. The van der Waals surface area contributed by atoms with Crippen molar-refractivity contribution < 1.29 is 14.7 Å². The average Bonchev–Trinajstić information content (AvgIpc) is 3.06. The van der Waals surface area contributed by atoms with Gasteiger partial charge in [-0.05, 0) is 31.4 Å². The maximum absolute atomic E-state index is 12.1. The lowest BCUT2D eigenvalue weighted by Crippen LogP contribution is -2.41. The summed E-state index contributed by atoms with van der Waals surface area (Å²) in [5.74, 6) is -1.28. The molecule has 1 fully saturated rings. The molecule has 1 aliphatic carbocycles. The fourth-order valence-electron chi connectivity index (χ4n) is 2.04. The standard InChI is InChI=1S/C13H18N2O3/c1-2-4-10(13(17)18)14-12(16)11-5-3-8-15(11)9-6-7-9/h3,5,8-10H,2,4,6-7H2,1H3,(H,14,16)(H,17,18). The molecule has 2 rings (SSSR count). The summed E-state index contributed by atoms with van der Waals surface area (Å²) in [5.41, 5.74) is 0.555. The number of aliphatic carboxylic acids is 1. The van der Waals surface area contributed by atoms with Crippen LogP contribution in [-0.2, 0) is 4.79 Å². The number of hydrogen-bond donors (Lipinski definition) is 2. The minimum atomic E-state index is -0.977. The number of aromatic nitrogens is 1. The van der Waals surface area contributed by atoms with Crippen LogP contribution in [0.15, 0.2) is 18.3 Å². The second-order valence-corrected chi connectivity index (χ2v) is 4.68. The highest BCUT2D eigenvalue weighted by molar-refractivity contribution is 5.95. The highest BCUT2D eigenvalue weighted by atomic mass is 16.4. The SMILES string of the molecule is CCCC(NC(=O)c1cccn1C1CC1)C(=O)O. The Morgan fingerprint density at radius 2 is 2.28 bits per heavy atom. The second kappa shape index (κ2) is 5.25. The van der Waals surface area contributed by atoms with Crippen LogP contribution in [0.1, 0.15) is 49.1 Å². The molecule has 1 aliphatic rings. The van der Waals surface area contributed by atoms with Crippen molar-refractivity contribution in [2.24, 2.45) is 0 Å². The smallest absolute Gasteiger partial charge is 0.326 e. The van der Waals surface area contributed by atoms with Crippen molar-refractivity contribution in [3.8, 4) is 0 Å². The van der Waals surface area contributed by atoms with Crippen molar-refractivity contribution in [1.29, 1.82) is 0 Å². The molecule has 1 amide bonds. The van der Waals surface area contributed by atoms with Crippen LogP contribution in [0.2, 0.25) is 0 Å². The number of nitrogens with one attached hydrogen (secondary N) is 1. The highest BCUT2D eigenvalue weighted by Gasteiger charge is 2.28. The molecule has 5 heteroatoms. The van der Waals surface area contributed by atoms with Gasteiger partial charge in [-0.1, -0.05) is 13.3 Å². The van der Waals surface area contributed by atoms with E-state index in [0.29, 0.717) is 18.2 Å². The molecular formula is C13H18N2O3. The minimum Gasteiger partial charge on any atom is -0.480 e. The van der Waals surface area contributed by atoms with E-state index in [-0.39, 0.29) is 5.91 Å². The number of carbonyl (C=O) groups is 2. The third kappa shape index (κ3) is 2.72. The van der Waals surface area contributed by atoms with E-state index < -0.39 is 12.0 Å². The molecule has 0 spiro atoms. The van der Waals surface area contributed by atoms with Crippen molar-refractivity contribution in [3.05, 3.63) is 24.0 Å². The maximum atomic E-state index is 12.1. The van der Waals surface area contributed by atoms with E-state index in [0.717, 1.165) is 19.3 Å². The van der Waals surface area contributed by atoms with Crippen molar-refractivity contribution in [3.63, 3.8) is 0 Å². The van der Waals surface area contributed by atoms with Gasteiger partial charge in [0.15, 0.2) is 0 Å². The number of hydrogen-bond acceptors (Lipinski definition) is 2. The Labute approximate surface area is 106 Å². The predicted molar refractivity (Wildman–Crippen MR) is 66.5 cm³/mol. The predicted octanol–water partition coefficient (Wildman–Crippen LogP) is 1.81. The minimum absolute atomic E-state index is 0.298. The molecule has 98 valence electrons. The van der Waals surface area contributed by atoms with Gasteiger partial charge in [0.1, 0.15) is 11.7 Å². The van der Waals surface area contributed by atoms with Crippen LogP contribution >= 0.6 is 0 Å². The van der Waals surface area contributed by atoms with E-state index in [2.05, 4.69) is 5.32 Å². The maximum Gasteiger partial charge on any atom is 0.326 e. The molecule has 0 radical (unpaired) electrons. The lowest BCUT2D eigenvalue weighted by molar-refractivity contribution is -0.139. The van der Waals surface area contributed by atoms with E-state index in [1.54, 1.807) is 6.07 Å². The Morgan fingerprint density at radius 3 is 2.83 bits per heavy atom. The first-order valence-corrected chi connectivity index (χ1v) is 6.34. The fourth-order valence-corrected chi connectivity index (χ4v) is 2.04. The quantitative estimate of drug-likeness (QED) is 0.808. The Balaban J connectivity index is 2.05. The summed E-state index contributed by atoms with van der Waals surface area (Å²) < 4.78 is 1.93. The number of amides is 1. The van der Waals surface area contributed by atoms with Crippen molar-refractivity contribution in [2.75, 3.05) is 0 Å². The molecule has 1 aromatic heterocycles. The molecule has 0 aromatic carbocycles. The number of carbonyl (C=O) groups excluding carboxylic acids is 1. The molecular weight excluding hydrogens is 232 g/mol. The van der Waals surface area contributed by atoms with Crippen LogP contribution in [0.25, 0.3) is 0 Å². The van der Waals surface area contributed by atoms with Gasteiger partial charge in [0.05, 0.1) is 0 Å². The monoisotopic (exact) mass is 250 g/mol. The highest BCUT2D eigenvalue weighted by Crippen LogP contribution is 2.35. The molecule has 1 aromatic rings.